The molecule has 0 spiro atoms. The number of sulfonamides is 1. The Kier molecular flexibility index (Phi) is 9.30. The molecule has 0 saturated heterocycles. The van der Waals surface area contributed by atoms with Crippen LogP contribution in [0.5, 0.6) is 5.75 Å². The van der Waals surface area contributed by atoms with Crippen molar-refractivity contribution in [2.75, 3.05) is 24.5 Å². The van der Waals surface area contributed by atoms with E-state index in [9.17, 15) is 18.0 Å². The Bertz CT molecular complexity index is 1310. The summed E-state index contributed by atoms with van der Waals surface area (Å²) in [6, 6.07) is 21.5. The maximum atomic E-state index is 13.9. The fraction of sp³-hybridized carbons (Fsp3) is 0.286. The number of anilines is 1. The lowest BCUT2D eigenvalue weighted by Crippen LogP contribution is -2.51. The van der Waals surface area contributed by atoms with E-state index in [-0.39, 0.29) is 23.0 Å². The molecule has 0 aliphatic carbocycles. The molecule has 37 heavy (non-hydrogen) atoms. The number of amides is 2. The summed E-state index contributed by atoms with van der Waals surface area (Å²) in [5.74, 6) is -0.543. The van der Waals surface area contributed by atoms with Crippen LogP contribution in [0.25, 0.3) is 0 Å². The van der Waals surface area contributed by atoms with Gasteiger partial charge in [-0.25, -0.2) is 8.42 Å². The third kappa shape index (κ3) is 6.68. The predicted molar refractivity (Wildman–Crippen MR) is 144 cm³/mol. The third-order valence-corrected chi connectivity index (χ3v) is 7.73. The number of rotatable bonds is 11. The molecule has 0 radical (unpaired) electrons. The summed E-state index contributed by atoms with van der Waals surface area (Å²) in [7, 11) is -2.72. The van der Waals surface area contributed by atoms with Crippen molar-refractivity contribution in [1.29, 1.82) is 0 Å². The van der Waals surface area contributed by atoms with Gasteiger partial charge in [-0.2, -0.15) is 0 Å². The Morgan fingerprint density at radius 1 is 0.946 bits per heavy atom. The van der Waals surface area contributed by atoms with Crippen LogP contribution in [-0.4, -0.2) is 51.4 Å². The molecular formula is C28H33N3O5S. The van der Waals surface area contributed by atoms with Gasteiger partial charge in [0.1, 0.15) is 18.3 Å². The van der Waals surface area contributed by atoms with Crippen LogP contribution in [0.2, 0.25) is 0 Å². The standard InChI is InChI=1S/C28H33N3O5S/c1-5-29-28(33)22(3)30(19-23-11-7-6-8-12-23)27(32)20-31(25-13-9-10-14-26(25)36-4)37(34,35)24-17-15-21(2)16-18-24/h6-18,22H,5,19-20H2,1-4H3,(H,29,33)/t22-/m0/s1. The molecule has 0 aromatic heterocycles. The fourth-order valence-electron chi connectivity index (χ4n) is 3.87. The molecule has 0 fully saturated rings. The number of benzene rings is 3. The van der Waals surface area contributed by atoms with Crippen molar-refractivity contribution in [1.82, 2.24) is 10.2 Å². The molecule has 3 aromatic rings. The maximum Gasteiger partial charge on any atom is 0.264 e. The van der Waals surface area contributed by atoms with Crippen LogP contribution in [0.1, 0.15) is 25.0 Å². The predicted octanol–water partition coefficient (Wildman–Crippen LogP) is 3.75. The number of nitrogens with zero attached hydrogens (tertiary/aromatic N) is 2. The summed E-state index contributed by atoms with van der Waals surface area (Å²) in [5.41, 5.74) is 1.95. The minimum atomic E-state index is -4.16. The number of ether oxygens (including phenoxy) is 1. The summed E-state index contributed by atoms with van der Waals surface area (Å²) >= 11 is 0. The SMILES string of the molecule is CCNC(=O)[C@H](C)N(Cc1ccccc1)C(=O)CN(c1ccccc1OC)S(=O)(=O)c1ccc(C)cc1. The van der Waals surface area contributed by atoms with E-state index in [0.29, 0.717) is 12.3 Å². The fourth-order valence-corrected chi connectivity index (χ4v) is 5.30. The summed E-state index contributed by atoms with van der Waals surface area (Å²) < 4.78 is 34.2. The second kappa shape index (κ2) is 12.4. The van der Waals surface area contributed by atoms with E-state index in [1.165, 1.54) is 24.1 Å². The van der Waals surface area contributed by atoms with Crippen molar-refractivity contribution < 1.29 is 22.7 Å². The number of carbonyl (C=O) groups is 2. The summed E-state index contributed by atoms with van der Waals surface area (Å²) in [6.45, 7) is 5.32. The molecule has 0 bridgehead atoms. The van der Waals surface area contributed by atoms with Gasteiger partial charge >= 0.3 is 0 Å². The first-order valence-electron chi connectivity index (χ1n) is 12.0. The highest BCUT2D eigenvalue weighted by molar-refractivity contribution is 7.92. The Labute approximate surface area is 218 Å². The zero-order valence-electron chi connectivity index (χ0n) is 21.5. The number of hydrogen-bond acceptors (Lipinski definition) is 5. The molecule has 196 valence electrons. The van der Waals surface area contributed by atoms with Crippen LogP contribution >= 0.6 is 0 Å². The van der Waals surface area contributed by atoms with Gasteiger partial charge in [0, 0.05) is 13.1 Å². The lowest BCUT2D eigenvalue weighted by atomic mass is 10.1. The van der Waals surface area contributed by atoms with E-state index in [0.717, 1.165) is 15.4 Å². The van der Waals surface area contributed by atoms with Gasteiger partial charge in [-0.3, -0.25) is 13.9 Å². The largest absolute Gasteiger partial charge is 0.495 e. The van der Waals surface area contributed by atoms with E-state index in [4.69, 9.17) is 4.74 Å². The highest BCUT2D eigenvalue weighted by Crippen LogP contribution is 2.32. The van der Waals surface area contributed by atoms with Crippen molar-refractivity contribution in [2.45, 2.75) is 38.3 Å². The second-order valence-electron chi connectivity index (χ2n) is 8.57. The van der Waals surface area contributed by atoms with Gasteiger partial charge in [-0.1, -0.05) is 60.2 Å². The molecule has 9 heteroatoms. The second-order valence-corrected chi connectivity index (χ2v) is 10.4. The van der Waals surface area contributed by atoms with Gasteiger partial charge in [-0.05, 0) is 50.6 Å². The number of aryl methyl sites for hydroxylation is 1. The highest BCUT2D eigenvalue weighted by Gasteiger charge is 2.33. The van der Waals surface area contributed by atoms with E-state index in [1.807, 2.05) is 37.3 Å². The van der Waals surface area contributed by atoms with E-state index >= 15 is 0 Å². The molecule has 8 nitrogen and oxygen atoms in total. The molecule has 0 aliphatic rings. The van der Waals surface area contributed by atoms with Crippen molar-refractivity contribution in [3.05, 3.63) is 90.0 Å². The van der Waals surface area contributed by atoms with Gasteiger partial charge < -0.3 is 15.0 Å². The molecule has 1 N–H and O–H groups in total. The van der Waals surface area contributed by atoms with Crippen LogP contribution in [-0.2, 0) is 26.2 Å². The Hall–Kier alpha value is -3.85. The highest BCUT2D eigenvalue weighted by atomic mass is 32.2. The van der Waals surface area contributed by atoms with Gasteiger partial charge in [0.2, 0.25) is 11.8 Å². The van der Waals surface area contributed by atoms with Crippen molar-refractivity contribution in [3.63, 3.8) is 0 Å². The minimum Gasteiger partial charge on any atom is -0.495 e. The van der Waals surface area contributed by atoms with Crippen LogP contribution in [0.4, 0.5) is 5.69 Å². The molecular weight excluding hydrogens is 490 g/mol. The Morgan fingerprint density at radius 2 is 1.57 bits per heavy atom. The molecule has 0 aliphatic heterocycles. The van der Waals surface area contributed by atoms with Crippen LogP contribution < -0.4 is 14.4 Å². The summed E-state index contributed by atoms with van der Waals surface area (Å²) in [6.07, 6.45) is 0. The average molecular weight is 524 g/mol. The molecule has 3 aromatic carbocycles. The average Bonchev–Trinajstić information content (AvgIpc) is 2.90. The zero-order valence-corrected chi connectivity index (χ0v) is 22.4. The monoisotopic (exact) mass is 523 g/mol. The number of nitrogens with one attached hydrogen (secondary N) is 1. The number of para-hydroxylation sites is 2. The zero-order chi connectivity index (χ0) is 27.0. The van der Waals surface area contributed by atoms with Gasteiger partial charge in [0.25, 0.3) is 10.0 Å². The lowest BCUT2D eigenvalue weighted by molar-refractivity contribution is -0.139. The van der Waals surface area contributed by atoms with Crippen molar-refractivity contribution >= 4 is 27.5 Å². The molecule has 1 atom stereocenters. The lowest BCUT2D eigenvalue weighted by Gasteiger charge is -2.32. The topological polar surface area (TPSA) is 96.0 Å². The number of carbonyl (C=O) groups excluding carboxylic acids is 2. The number of methoxy groups -OCH3 is 1. The quantitative estimate of drug-likeness (QED) is 0.413. The van der Waals surface area contributed by atoms with Crippen molar-refractivity contribution in [2.24, 2.45) is 0 Å². The van der Waals surface area contributed by atoms with E-state index in [1.54, 1.807) is 50.2 Å². The molecule has 0 saturated carbocycles. The van der Waals surface area contributed by atoms with Gasteiger partial charge in [-0.15, -0.1) is 0 Å². The first-order chi connectivity index (χ1) is 17.7. The maximum absolute atomic E-state index is 13.9. The van der Waals surface area contributed by atoms with E-state index in [2.05, 4.69) is 5.32 Å². The van der Waals surface area contributed by atoms with Crippen molar-refractivity contribution in [3.8, 4) is 5.75 Å². The first kappa shape index (κ1) is 27.7. The molecule has 3 rings (SSSR count). The molecule has 2 amide bonds. The minimum absolute atomic E-state index is 0.0446. The summed E-state index contributed by atoms with van der Waals surface area (Å²) in [4.78, 5) is 28.0. The molecule has 0 unspecified atom stereocenters. The molecule has 0 heterocycles. The Morgan fingerprint density at radius 3 is 2.19 bits per heavy atom. The number of hydrogen-bond donors (Lipinski definition) is 1. The Balaban J connectivity index is 2.06. The van der Waals surface area contributed by atoms with E-state index < -0.39 is 28.5 Å². The third-order valence-electron chi connectivity index (χ3n) is 5.96. The van der Waals surface area contributed by atoms with Crippen LogP contribution in [0, 0.1) is 6.92 Å². The number of likely N-dealkylation sites (N-methyl/N-ethyl adjacent to an activating group) is 1. The first-order valence-corrected chi connectivity index (χ1v) is 13.5. The normalized spacial score (nSPS) is 11.9. The van der Waals surface area contributed by atoms with Gasteiger partial charge in [0.05, 0.1) is 17.7 Å². The smallest absolute Gasteiger partial charge is 0.264 e. The van der Waals surface area contributed by atoms with Crippen LogP contribution in [0.3, 0.4) is 0 Å². The van der Waals surface area contributed by atoms with Crippen LogP contribution in [0.15, 0.2) is 83.8 Å². The van der Waals surface area contributed by atoms with Gasteiger partial charge in [0.15, 0.2) is 0 Å². The summed E-state index contributed by atoms with van der Waals surface area (Å²) in [5, 5.41) is 2.75.